The number of nitrogens with zero attached hydrogens (tertiary/aromatic N) is 4. The number of carboxylic acid groups (broad SMARTS) is 2. The van der Waals surface area contributed by atoms with Gasteiger partial charge in [-0.3, -0.25) is 0 Å². The van der Waals surface area contributed by atoms with E-state index in [0.717, 1.165) is 17.5 Å². The van der Waals surface area contributed by atoms with Gasteiger partial charge in [-0.1, -0.05) is 29.3 Å². The normalized spacial score (nSPS) is 27.7. The van der Waals surface area contributed by atoms with Gasteiger partial charge < -0.3 is 40.2 Å². The first-order valence-corrected chi connectivity index (χ1v) is 15.7. The third kappa shape index (κ3) is 6.20. The second kappa shape index (κ2) is 13.0. The van der Waals surface area contributed by atoms with Crippen LogP contribution in [-0.2, 0) is 4.84 Å². The Balaban J connectivity index is 1.77. The van der Waals surface area contributed by atoms with Crippen LogP contribution in [0.3, 0.4) is 0 Å². The first-order valence-electron chi connectivity index (χ1n) is 15.7. The lowest BCUT2D eigenvalue weighted by atomic mass is 9.55. The van der Waals surface area contributed by atoms with Crippen LogP contribution in [0.1, 0.15) is 104 Å². The van der Waals surface area contributed by atoms with Crippen LogP contribution < -0.4 is 4.74 Å². The minimum Gasteiger partial charge on any atom is -0.508 e. The van der Waals surface area contributed by atoms with Crippen LogP contribution in [0.15, 0.2) is 35.0 Å². The topological polar surface area (TPSA) is 217 Å². The molecule has 0 saturated heterocycles. The van der Waals surface area contributed by atoms with Crippen LogP contribution >= 0.6 is 0 Å². The predicted molar refractivity (Wildman–Crippen MR) is 163 cm³/mol. The number of rotatable bonds is 12. The molecule has 0 bridgehead atoms. The number of ether oxygens (including phenoxy) is 1. The minimum atomic E-state index is -2.15. The molecule has 2 aliphatic carbocycles. The number of hydrogen-bond acceptors (Lipinski definition) is 11. The van der Waals surface area contributed by atoms with Gasteiger partial charge in [-0.2, -0.15) is 0 Å². The Morgan fingerprint density at radius 2 is 1.78 bits per heavy atom. The van der Waals surface area contributed by atoms with Gasteiger partial charge in [0.2, 0.25) is 11.5 Å². The molecule has 0 spiro atoms. The van der Waals surface area contributed by atoms with Crippen molar-refractivity contribution in [2.45, 2.75) is 89.1 Å². The van der Waals surface area contributed by atoms with Crippen LogP contribution in [0, 0.1) is 17.8 Å². The summed E-state index contributed by atoms with van der Waals surface area (Å²) in [6.07, 6.45) is 5.90. The average Bonchev–Trinajstić information content (AvgIpc) is 3.43. The van der Waals surface area contributed by atoms with Gasteiger partial charge >= 0.3 is 11.9 Å². The third-order valence-electron chi connectivity index (χ3n) is 9.08. The minimum absolute atomic E-state index is 0.00249. The molecule has 6 N–H and O–H groups in total. The van der Waals surface area contributed by atoms with E-state index in [1.165, 1.54) is 6.07 Å². The second-order valence-electron chi connectivity index (χ2n) is 13.3. The number of aliphatic hydroxyl groups is 3. The smallest absolute Gasteiger partial charge is 0.359 e. The molecule has 6 unspecified atom stereocenters. The number of aromatic nitrogens is 3. The Bertz CT molecular complexity index is 1530. The van der Waals surface area contributed by atoms with Crippen molar-refractivity contribution < 1.29 is 49.8 Å². The summed E-state index contributed by atoms with van der Waals surface area (Å²) in [6, 6.07) is 3.30. The molecule has 1 aliphatic heterocycles. The molecule has 1 aromatic heterocycles. The monoisotopic (exact) mass is 642 g/mol. The highest BCUT2D eigenvalue weighted by atomic mass is 16.6. The van der Waals surface area contributed by atoms with Gasteiger partial charge in [-0.15, -0.1) is 5.10 Å². The van der Waals surface area contributed by atoms with Gasteiger partial charge in [0.1, 0.15) is 23.1 Å². The molecule has 14 heteroatoms. The number of unbranched alkanes of at least 4 members (excludes halogenated alkanes) is 2. The highest BCUT2D eigenvalue weighted by Crippen LogP contribution is 2.62. The molecule has 1 saturated carbocycles. The van der Waals surface area contributed by atoms with E-state index in [2.05, 4.69) is 21.5 Å². The maximum Gasteiger partial charge on any atom is 0.359 e. The number of hydrogen-bond donors (Lipinski definition) is 6. The summed E-state index contributed by atoms with van der Waals surface area (Å²) in [5.41, 5.74) is -0.490. The highest BCUT2D eigenvalue weighted by molar-refractivity contribution is 6.03. The number of aromatic carboxylic acids is 2. The maximum absolute atomic E-state index is 12.8. The quantitative estimate of drug-likeness (QED) is 0.145. The van der Waals surface area contributed by atoms with Crippen LogP contribution in [0.4, 0.5) is 0 Å². The lowest BCUT2D eigenvalue weighted by molar-refractivity contribution is -0.225. The van der Waals surface area contributed by atoms with E-state index in [1.54, 1.807) is 12.1 Å². The number of phenols is 1. The van der Waals surface area contributed by atoms with Gasteiger partial charge in [0.05, 0.1) is 11.6 Å². The fourth-order valence-electron chi connectivity index (χ4n) is 7.26. The Hall–Kier alpha value is -4.01. The van der Waals surface area contributed by atoms with E-state index < -0.39 is 52.6 Å². The van der Waals surface area contributed by atoms with Crippen molar-refractivity contribution in [3.8, 4) is 11.5 Å². The third-order valence-corrected chi connectivity index (χ3v) is 9.08. The zero-order valence-electron chi connectivity index (χ0n) is 26.2. The number of carbonyl (C=O) groups is 2. The van der Waals surface area contributed by atoms with Gasteiger partial charge in [0, 0.05) is 31.1 Å². The van der Waals surface area contributed by atoms with Crippen molar-refractivity contribution in [2.75, 3.05) is 13.2 Å². The molecule has 0 amide bonds. The van der Waals surface area contributed by atoms with E-state index >= 15 is 0 Å². The zero-order chi connectivity index (χ0) is 33.4. The Labute approximate surface area is 266 Å². The number of carboxylic acids is 2. The lowest BCUT2D eigenvalue weighted by Gasteiger charge is -2.56. The molecule has 0 radical (unpaired) electrons. The standard InChI is InChI=1S/C32H42N4O10/c1-31(2,3)46-34-22-16-24(36-28(30(42)43)27(29(40)41)33-35-36)32(44)26-20(22)14-17(8-4-6-12-37)19(9-5-7-13-38)25(26)21-15-18(39)10-11-23(21)45-32/h10-11,14-15,17,19,24-26,37-39,44H,4-9,12-13,16H2,1-3H3,(H,40,41)(H,42,43). The lowest BCUT2D eigenvalue weighted by Crippen LogP contribution is -2.62. The largest absolute Gasteiger partial charge is 0.508 e. The van der Waals surface area contributed by atoms with Gasteiger partial charge in [0.25, 0.3) is 0 Å². The summed E-state index contributed by atoms with van der Waals surface area (Å²) in [6.45, 7) is 5.53. The van der Waals surface area contributed by atoms with Crippen molar-refractivity contribution >= 4 is 17.7 Å². The van der Waals surface area contributed by atoms with Crippen molar-refractivity contribution in [1.29, 1.82) is 0 Å². The number of aromatic hydroxyl groups is 1. The fraction of sp³-hybridized carbons (Fsp3) is 0.594. The second-order valence-corrected chi connectivity index (χ2v) is 13.3. The van der Waals surface area contributed by atoms with Crippen molar-refractivity contribution in [3.63, 3.8) is 0 Å². The first kappa shape index (κ1) is 33.4. The molecule has 2 aromatic rings. The highest BCUT2D eigenvalue weighted by Gasteiger charge is 2.64. The molecular formula is C32H42N4O10. The van der Waals surface area contributed by atoms with E-state index in [-0.39, 0.29) is 43.0 Å². The summed E-state index contributed by atoms with van der Waals surface area (Å²) in [4.78, 5) is 30.3. The Morgan fingerprint density at radius 1 is 1.09 bits per heavy atom. The molecule has 6 atom stereocenters. The molecule has 46 heavy (non-hydrogen) atoms. The molecule has 250 valence electrons. The van der Waals surface area contributed by atoms with Gasteiger partial charge in [-0.05, 0) is 82.1 Å². The van der Waals surface area contributed by atoms with Crippen LogP contribution in [0.5, 0.6) is 11.5 Å². The zero-order valence-corrected chi connectivity index (χ0v) is 26.2. The van der Waals surface area contributed by atoms with Crippen molar-refractivity contribution in [2.24, 2.45) is 22.9 Å². The molecule has 3 aliphatic rings. The van der Waals surface area contributed by atoms with E-state index in [1.807, 2.05) is 20.8 Å². The van der Waals surface area contributed by atoms with Gasteiger partial charge in [0.15, 0.2) is 5.69 Å². The van der Waals surface area contributed by atoms with E-state index in [9.17, 15) is 40.2 Å². The first-order chi connectivity index (χ1) is 21.8. The number of aliphatic hydroxyl groups excluding tert-OH is 2. The van der Waals surface area contributed by atoms with Gasteiger partial charge in [-0.25, -0.2) is 14.3 Å². The van der Waals surface area contributed by atoms with E-state index in [0.29, 0.717) is 42.5 Å². The molecule has 1 aromatic carbocycles. The maximum atomic E-state index is 12.8. The fourth-order valence-corrected chi connectivity index (χ4v) is 7.26. The number of benzene rings is 1. The SMILES string of the molecule is CC(C)(C)ON=C1CC(n2nnc(C(=O)O)c2C(=O)O)C2(O)Oc3ccc(O)cc3C3C(CCCCO)C(CCCCO)C=C1C32. The average molecular weight is 643 g/mol. The summed E-state index contributed by atoms with van der Waals surface area (Å²) in [7, 11) is 0. The molecule has 14 nitrogen and oxygen atoms in total. The molecule has 2 heterocycles. The molecule has 1 fully saturated rings. The summed E-state index contributed by atoms with van der Waals surface area (Å²) in [5.74, 6) is -6.56. The summed E-state index contributed by atoms with van der Waals surface area (Å²) < 4.78 is 7.29. The molecule has 5 rings (SSSR count). The number of allylic oxidation sites excluding steroid dienone is 1. The predicted octanol–water partition coefficient (Wildman–Crippen LogP) is 3.47. The number of phenolic OH excluding ortho intramolecular Hbond substituents is 1. The Kier molecular flexibility index (Phi) is 9.43. The molecular weight excluding hydrogens is 600 g/mol. The summed E-state index contributed by atoms with van der Waals surface area (Å²) >= 11 is 0. The van der Waals surface area contributed by atoms with Crippen LogP contribution in [0.25, 0.3) is 0 Å². The van der Waals surface area contributed by atoms with Crippen molar-refractivity contribution in [3.05, 3.63) is 46.8 Å². The number of oxime groups is 1. The number of fused-ring (bicyclic) bond motifs is 2. The van der Waals surface area contributed by atoms with E-state index in [4.69, 9.17) is 9.57 Å². The van der Waals surface area contributed by atoms with Crippen LogP contribution in [0.2, 0.25) is 0 Å². The van der Waals surface area contributed by atoms with Crippen molar-refractivity contribution in [1.82, 2.24) is 15.0 Å². The van der Waals surface area contributed by atoms with Crippen LogP contribution in [-0.4, -0.2) is 87.9 Å². The summed E-state index contributed by atoms with van der Waals surface area (Å²) in [5, 5.41) is 74.4. The Morgan fingerprint density at radius 3 is 2.41 bits per heavy atom.